The number of imidazole rings is 1. The first-order valence-electron chi connectivity index (χ1n) is 6.64. The van der Waals surface area contributed by atoms with E-state index in [-0.39, 0.29) is 24.9 Å². The number of rotatable bonds is 6. The number of hydrogen-bond acceptors (Lipinski definition) is 5. The molecule has 2 N–H and O–H groups in total. The maximum absolute atomic E-state index is 12.0. The average molecular weight is 304 g/mol. The fourth-order valence-electron chi connectivity index (χ4n) is 2.05. The van der Waals surface area contributed by atoms with E-state index in [9.17, 15) is 20.0 Å². The van der Waals surface area contributed by atoms with Gasteiger partial charge in [0.25, 0.3) is 0 Å². The van der Waals surface area contributed by atoms with Gasteiger partial charge in [0.1, 0.15) is 12.7 Å². The second-order valence-electron chi connectivity index (χ2n) is 4.74. The van der Waals surface area contributed by atoms with Crippen LogP contribution in [0.2, 0.25) is 0 Å². The smallest absolute Gasteiger partial charge is 0.381 e. The Labute approximate surface area is 126 Å². The maximum Gasteiger partial charge on any atom is 0.381 e. The van der Waals surface area contributed by atoms with Crippen molar-refractivity contribution < 1.29 is 14.8 Å². The lowest BCUT2D eigenvalue weighted by molar-refractivity contribution is -0.389. The third-order valence-corrected chi connectivity index (χ3v) is 3.18. The number of aliphatic hydroxyl groups is 1. The molecule has 0 aliphatic carbocycles. The van der Waals surface area contributed by atoms with Gasteiger partial charge in [-0.25, -0.2) is 0 Å². The summed E-state index contributed by atoms with van der Waals surface area (Å²) < 4.78 is 1.40. The van der Waals surface area contributed by atoms with Gasteiger partial charge < -0.3 is 20.5 Å². The summed E-state index contributed by atoms with van der Waals surface area (Å²) >= 11 is 0. The molecule has 1 aromatic heterocycles. The van der Waals surface area contributed by atoms with Crippen LogP contribution >= 0.6 is 0 Å². The highest BCUT2D eigenvalue weighted by Gasteiger charge is 2.19. The van der Waals surface area contributed by atoms with E-state index in [2.05, 4.69) is 10.3 Å². The van der Waals surface area contributed by atoms with E-state index in [1.807, 2.05) is 18.2 Å². The standard InChI is InChI=1S/C14H16N4O4/c1-10-15-13(18(21)22)7-17(10)8-14(20)16-12(9-19)11-5-3-2-4-6-11/h2-7,12,19H,8-9H2,1H3,(H,16,20)/t12-/m1/s1. The summed E-state index contributed by atoms with van der Waals surface area (Å²) in [7, 11) is 0. The fraction of sp³-hybridized carbons (Fsp3) is 0.286. The number of nitrogens with zero attached hydrogens (tertiary/aromatic N) is 3. The molecule has 1 heterocycles. The second-order valence-corrected chi connectivity index (χ2v) is 4.74. The van der Waals surface area contributed by atoms with Crippen molar-refractivity contribution in [1.29, 1.82) is 0 Å². The van der Waals surface area contributed by atoms with Crippen molar-refractivity contribution in [3.05, 3.63) is 58.0 Å². The molecule has 0 spiro atoms. The molecule has 1 atom stereocenters. The molecule has 0 saturated carbocycles. The number of aromatic nitrogens is 2. The predicted octanol–water partition coefficient (Wildman–Crippen LogP) is 0.950. The summed E-state index contributed by atoms with van der Waals surface area (Å²) in [6.07, 6.45) is 1.21. The highest BCUT2D eigenvalue weighted by Crippen LogP contribution is 2.13. The molecular weight excluding hydrogens is 288 g/mol. The van der Waals surface area contributed by atoms with Crippen LogP contribution in [0.1, 0.15) is 17.4 Å². The SMILES string of the molecule is Cc1nc([N+](=O)[O-])cn1CC(=O)N[C@H](CO)c1ccccc1. The summed E-state index contributed by atoms with van der Waals surface area (Å²) in [6.45, 7) is 1.25. The molecular formula is C14H16N4O4. The minimum absolute atomic E-state index is 0.101. The van der Waals surface area contributed by atoms with Crippen molar-refractivity contribution in [2.75, 3.05) is 6.61 Å². The molecule has 2 rings (SSSR count). The first kappa shape index (κ1) is 15.6. The molecule has 8 heteroatoms. The Balaban J connectivity index is 2.04. The number of hydrogen-bond donors (Lipinski definition) is 2. The molecule has 2 aromatic rings. The lowest BCUT2D eigenvalue weighted by Crippen LogP contribution is -2.33. The predicted molar refractivity (Wildman–Crippen MR) is 78.0 cm³/mol. The Bertz CT molecular complexity index is 669. The lowest BCUT2D eigenvalue weighted by Gasteiger charge is -2.16. The molecule has 8 nitrogen and oxygen atoms in total. The zero-order valence-electron chi connectivity index (χ0n) is 12.0. The maximum atomic E-state index is 12.0. The molecule has 0 fully saturated rings. The Kier molecular flexibility index (Phi) is 4.84. The summed E-state index contributed by atoms with van der Waals surface area (Å²) in [5.74, 6) is -0.285. The van der Waals surface area contributed by atoms with Crippen molar-refractivity contribution in [2.45, 2.75) is 19.5 Å². The third-order valence-electron chi connectivity index (χ3n) is 3.18. The number of carbonyl (C=O) groups excluding carboxylic acids is 1. The van der Waals surface area contributed by atoms with Crippen molar-refractivity contribution in [1.82, 2.24) is 14.9 Å². The number of nitro groups is 1. The summed E-state index contributed by atoms with van der Waals surface area (Å²) in [4.78, 5) is 25.8. The van der Waals surface area contributed by atoms with E-state index < -0.39 is 11.0 Å². The number of benzene rings is 1. The minimum Gasteiger partial charge on any atom is -0.394 e. The van der Waals surface area contributed by atoms with E-state index in [1.54, 1.807) is 19.1 Å². The van der Waals surface area contributed by atoms with Gasteiger partial charge in [-0.2, -0.15) is 0 Å². The first-order valence-corrected chi connectivity index (χ1v) is 6.64. The van der Waals surface area contributed by atoms with Gasteiger partial charge in [-0.3, -0.25) is 9.36 Å². The van der Waals surface area contributed by atoms with Gasteiger partial charge in [0.15, 0.2) is 0 Å². The zero-order valence-corrected chi connectivity index (χ0v) is 12.0. The van der Waals surface area contributed by atoms with Gasteiger partial charge in [0, 0.05) is 6.92 Å². The first-order chi connectivity index (χ1) is 10.5. The highest BCUT2D eigenvalue weighted by atomic mass is 16.6. The Morgan fingerprint density at radius 1 is 1.45 bits per heavy atom. The number of carbonyl (C=O) groups is 1. The zero-order chi connectivity index (χ0) is 16.1. The van der Waals surface area contributed by atoms with Gasteiger partial charge >= 0.3 is 5.82 Å². The summed E-state index contributed by atoms with van der Waals surface area (Å²) in [5, 5.41) is 22.7. The van der Waals surface area contributed by atoms with Crippen molar-refractivity contribution >= 4 is 11.7 Å². The molecule has 0 radical (unpaired) electrons. The van der Waals surface area contributed by atoms with E-state index in [1.165, 1.54) is 10.8 Å². The molecule has 0 saturated heterocycles. The normalized spacial score (nSPS) is 11.9. The number of aliphatic hydroxyl groups excluding tert-OH is 1. The molecule has 1 amide bonds. The molecule has 0 aliphatic rings. The molecule has 22 heavy (non-hydrogen) atoms. The molecule has 116 valence electrons. The van der Waals surface area contributed by atoms with Crippen molar-refractivity contribution in [3.63, 3.8) is 0 Å². The van der Waals surface area contributed by atoms with Gasteiger partial charge in [-0.05, 0) is 15.5 Å². The van der Waals surface area contributed by atoms with Crippen LogP contribution in [0, 0.1) is 17.0 Å². The van der Waals surface area contributed by atoms with Gasteiger partial charge in [-0.1, -0.05) is 30.3 Å². The molecule has 0 unspecified atom stereocenters. The van der Waals surface area contributed by atoms with Gasteiger partial charge in [-0.15, -0.1) is 0 Å². The highest BCUT2D eigenvalue weighted by molar-refractivity contribution is 5.76. The molecule has 0 bridgehead atoms. The molecule has 0 aliphatic heterocycles. The number of aryl methyl sites for hydroxylation is 1. The van der Waals surface area contributed by atoms with Crippen LogP contribution in [0.15, 0.2) is 36.5 Å². The van der Waals surface area contributed by atoms with Crippen LogP contribution < -0.4 is 5.32 Å². The van der Waals surface area contributed by atoms with Crippen LogP contribution in [0.4, 0.5) is 5.82 Å². The number of amides is 1. The molecule has 1 aromatic carbocycles. The summed E-state index contributed by atoms with van der Waals surface area (Å²) in [5.41, 5.74) is 0.784. The van der Waals surface area contributed by atoms with Crippen LogP contribution in [-0.4, -0.2) is 32.1 Å². The largest absolute Gasteiger partial charge is 0.394 e. The van der Waals surface area contributed by atoms with Crippen LogP contribution in [0.3, 0.4) is 0 Å². The quantitative estimate of drug-likeness (QED) is 0.610. The Hall–Kier alpha value is -2.74. The van der Waals surface area contributed by atoms with Crippen LogP contribution in [0.25, 0.3) is 0 Å². The van der Waals surface area contributed by atoms with Crippen molar-refractivity contribution in [2.24, 2.45) is 0 Å². The fourth-order valence-corrected chi connectivity index (χ4v) is 2.05. The van der Waals surface area contributed by atoms with E-state index >= 15 is 0 Å². The Morgan fingerprint density at radius 2 is 2.14 bits per heavy atom. The van der Waals surface area contributed by atoms with E-state index in [0.717, 1.165) is 5.56 Å². The lowest BCUT2D eigenvalue weighted by atomic mass is 10.1. The van der Waals surface area contributed by atoms with E-state index in [0.29, 0.717) is 5.82 Å². The monoisotopic (exact) mass is 304 g/mol. The van der Waals surface area contributed by atoms with Crippen molar-refractivity contribution in [3.8, 4) is 0 Å². The minimum atomic E-state index is -0.609. The topological polar surface area (TPSA) is 110 Å². The summed E-state index contributed by atoms with van der Waals surface area (Å²) in [6, 6.07) is 8.55. The van der Waals surface area contributed by atoms with Gasteiger partial charge in [0.05, 0.1) is 12.6 Å². The third kappa shape index (κ3) is 3.67. The van der Waals surface area contributed by atoms with Crippen LogP contribution in [-0.2, 0) is 11.3 Å². The van der Waals surface area contributed by atoms with Gasteiger partial charge in [0.2, 0.25) is 11.7 Å². The average Bonchev–Trinajstić information content (AvgIpc) is 2.87. The second kappa shape index (κ2) is 6.81. The van der Waals surface area contributed by atoms with Crippen LogP contribution in [0.5, 0.6) is 0 Å². The Morgan fingerprint density at radius 3 is 2.68 bits per heavy atom. The van der Waals surface area contributed by atoms with E-state index in [4.69, 9.17) is 0 Å². The number of nitrogens with one attached hydrogen (secondary N) is 1.